The number of Topliss-reactive ketones (excluding diaryl/α,β-unsaturated/α-hetero) is 1. The van der Waals surface area contributed by atoms with E-state index in [-0.39, 0.29) is 11.3 Å². The zero-order valence-corrected chi connectivity index (χ0v) is 17.2. The number of benzene rings is 2. The maximum Gasteiger partial charge on any atom is 0.301 e. The van der Waals surface area contributed by atoms with Crippen molar-refractivity contribution < 1.29 is 19.4 Å². The molecule has 1 unspecified atom stereocenters. The van der Waals surface area contributed by atoms with E-state index in [4.69, 9.17) is 4.74 Å². The van der Waals surface area contributed by atoms with Gasteiger partial charge in [-0.3, -0.25) is 14.5 Å². The summed E-state index contributed by atoms with van der Waals surface area (Å²) < 4.78 is 5.59. The molecule has 1 aliphatic heterocycles. The molecule has 0 radical (unpaired) electrons. The van der Waals surface area contributed by atoms with Crippen LogP contribution >= 0.6 is 11.3 Å². The van der Waals surface area contributed by atoms with Gasteiger partial charge in [0.15, 0.2) is 0 Å². The Balaban J connectivity index is 1.93. The van der Waals surface area contributed by atoms with Gasteiger partial charge in [0.05, 0.1) is 18.2 Å². The summed E-state index contributed by atoms with van der Waals surface area (Å²) in [5.74, 6) is -1.15. The van der Waals surface area contributed by atoms with Crippen LogP contribution in [0.1, 0.15) is 29.1 Å². The van der Waals surface area contributed by atoms with Crippen LogP contribution in [0.5, 0.6) is 5.75 Å². The van der Waals surface area contributed by atoms with Crippen molar-refractivity contribution >= 4 is 33.9 Å². The summed E-state index contributed by atoms with van der Waals surface area (Å²) in [6, 6.07) is 15.0. The number of carbonyl (C=O) groups is 2. The highest BCUT2D eigenvalue weighted by Gasteiger charge is 2.48. The molecular formula is C22H19N3O4S. The van der Waals surface area contributed by atoms with Crippen LogP contribution in [0.25, 0.3) is 5.76 Å². The van der Waals surface area contributed by atoms with Gasteiger partial charge in [0.25, 0.3) is 5.78 Å². The number of aliphatic hydroxyl groups is 1. The predicted octanol–water partition coefficient (Wildman–Crippen LogP) is 3.87. The van der Waals surface area contributed by atoms with Crippen LogP contribution in [-0.2, 0) is 9.59 Å². The smallest absolute Gasteiger partial charge is 0.301 e. The van der Waals surface area contributed by atoms with Gasteiger partial charge in [-0.15, -0.1) is 10.2 Å². The number of ether oxygens (including phenoxy) is 1. The lowest BCUT2D eigenvalue weighted by Crippen LogP contribution is -2.29. The number of aliphatic hydroxyl groups excluding tert-OH is 1. The van der Waals surface area contributed by atoms with E-state index in [1.54, 1.807) is 55.5 Å². The average molecular weight is 421 g/mol. The van der Waals surface area contributed by atoms with Crippen molar-refractivity contribution in [2.24, 2.45) is 0 Å². The topological polar surface area (TPSA) is 92.6 Å². The predicted molar refractivity (Wildman–Crippen MR) is 113 cm³/mol. The van der Waals surface area contributed by atoms with Crippen LogP contribution in [0.3, 0.4) is 0 Å². The molecule has 2 heterocycles. The molecule has 0 bridgehead atoms. The second-order valence-electron chi connectivity index (χ2n) is 6.64. The van der Waals surface area contributed by atoms with Crippen molar-refractivity contribution in [3.05, 3.63) is 76.3 Å². The number of hydrogen-bond acceptors (Lipinski definition) is 7. The van der Waals surface area contributed by atoms with E-state index < -0.39 is 17.7 Å². The van der Waals surface area contributed by atoms with Gasteiger partial charge in [-0.05, 0) is 31.5 Å². The van der Waals surface area contributed by atoms with Gasteiger partial charge in [0, 0.05) is 5.56 Å². The number of rotatable bonds is 5. The van der Waals surface area contributed by atoms with E-state index in [9.17, 15) is 14.7 Å². The summed E-state index contributed by atoms with van der Waals surface area (Å²) in [6.07, 6.45) is 0. The summed E-state index contributed by atoms with van der Waals surface area (Å²) >= 11 is 1.21. The molecule has 152 valence electrons. The Morgan fingerprint density at radius 3 is 2.57 bits per heavy atom. The molecule has 1 amide bonds. The molecule has 1 aromatic heterocycles. The van der Waals surface area contributed by atoms with Crippen molar-refractivity contribution in [1.29, 1.82) is 0 Å². The molecule has 1 saturated heterocycles. The Bertz CT molecular complexity index is 1140. The minimum atomic E-state index is -0.849. The van der Waals surface area contributed by atoms with Crippen LogP contribution in [-0.4, -0.2) is 33.6 Å². The highest BCUT2D eigenvalue weighted by Crippen LogP contribution is 2.43. The molecule has 1 N–H and O–H groups in total. The Morgan fingerprint density at radius 2 is 1.90 bits per heavy atom. The highest BCUT2D eigenvalue weighted by molar-refractivity contribution is 7.15. The third kappa shape index (κ3) is 3.46. The maximum absolute atomic E-state index is 13.0. The van der Waals surface area contributed by atoms with Gasteiger partial charge in [-0.25, -0.2) is 0 Å². The molecule has 1 aliphatic rings. The first kappa shape index (κ1) is 19.8. The standard InChI is InChI=1S/C22H19N3O4S/c1-3-29-16-11-7-10-15(12-16)18-17(19(26)14-8-5-4-6-9-14)20(27)21(28)25(18)22-24-23-13(2)30-22/h4-12,18,26H,3H2,1-2H3/b19-17+. The Kier molecular flexibility index (Phi) is 5.33. The second kappa shape index (κ2) is 8.08. The molecule has 8 heteroatoms. The SMILES string of the molecule is CCOc1cccc(C2/C(=C(\O)c3ccccc3)C(=O)C(=O)N2c2nnc(C)s2)c1. The van der Waals surface area contributed by atoms with Crippen LogP contribution in [0.4, 0.5) is 5.13 Å². The summed E-state index contributed by atoms with van der Waals surface area (Å²) in [7, 11) is 0. The molecule has 30 heavy (non-hydrogen) atoms. The average Bonchev–Trinajstić information content (AvgIpc) is 3.29. The minimum absolute atomic E-state index is 0.00713. The van der Waals surface area contributed by atoms with Crippen LogP contribution in [0, 0.1) is 6.92 Å². The second-order valence-corrected chi connectivity index (χ2v) is 7.80. The zero-order valence-electron chi connectivity index (χ0n) is 16.4. The van der Waals surface area contributed by atoms with E-state index in [0.717, 1.165) is 0 Å². The molecule has 0 aliphatic carbocycles. The van der Waals surface area contributed by atoms with E-state index in [1.807, 2.05) is 13.0 Å². The fourth-order valence-corrected chi connectivity index (χ4v) is 4.14. The molecule has 1 atom stereocenters. The van der Waals surface area contributed by atoms with Crippen molar-refractivity contribution in [3.8, 4) is 5.75 Å². The van der Waals surface area contributed by atoms with Crippen molar-refractivity contribution in [2.75, 3.05) is 11.5 Å². The number of carbonyl (C=O) groups excluding carboxylic acids is 2. The first-order valence-corrected chi connectivity index (χ1v) is 10.2. The molecule has 3 aromatic rings. The van der Waals surface area contributed by atoms with E-state index >= 15 is 0 Å². The third-order valence-electron chi connectivity index (χ3n) is 4.70. The summed E-state index contributed by atoms with van der Waals surface area (Å²) in [4.78, 5) is 27.3. The number of ketones is 1. The first-order chi connectivity index (χ1) is 14.5. The van der Waals surface area contributed by atoms with Gasteiger partial charge in [-0.2, -0.15) is 0 Å². The molecule has 2 aromatic carbocycles. The zero-order chi connectivity index (χ0) is 21.3. The lowest BCUT2D eigenvalue weighted by atomic mass is 9.95. The van der Waals surface area contributed by atoms with E-state index in [1.165, 1.54) is 16.2 Å². The van der Waals surface area contributed by atoms with Gasteiger partial charge in [-0.1, -0.05) is 53.8 Å². The third-order valence-corrected chi connectivity index (χ3v) is 5.54. The highest BCUT2D eigenvalue weighted by atomic mass is 32.1. The van der Waals surface area contributed by atoms with Gasteiger partial charge < -0.3 is 9.84 Å². The van der Waals surface area contributed by atoms with Crippen molar-refractivity contribution in [3.63, 3.8) is 0 Å². The number of hydrogen-bond donors (Lipinski definition) is 1. The van der Waals surface area contributed by atoms with Crippen LogP contribution in [0.15, 0.2) is 60.2 Å². The number of aromatic nitrogens is 2. The Morgan fingerprint density at radius 1 is 1.13 bits per heavy atom. The lowest BCUT2D eigenvalue weighted by molar-refractivity contribution is -0.132. The summed E-state index contributed by atoms with van der Waals surface area (Å²) in [6.45, 7) is 4.12. The largest absolute Gasteiger partial charge is 0.507 e. The lowest BCUT2D eigenvalue weighted by Gasteiger charge is -2.23. The number of amides is 1. The number of anilines is 1. The normalized spacial score (nSPS) is 18.1. The molecule has 1 fully saturated rings. The fourth-order valence-electron chi connectivity index (χ4n) is 3.42. The molecule has 7 nitrogen and oxygen atoms in total. The molecule has 4 rings (SSSR count). The molecule has 0 saturated carbocycles. The van der Waals surface area contributed by atoms with Crippen molar-refractivity contribution in [1.82, 2.24) is 10.2 Å². The van der Waals surface area contributed by atoms with Gasteiger partial charge in [0.2, 0.25) is 5.13 Å². The van der Waals surface area contributed by atoms with E-state index in [2.05, 4.69) is 10.2 Å². The Hall–Kier alpha value is -3.52. The molecular weight excluding hydrogens is 402 g/mol. The Labute approximate surface area is 177 Å². The maximum atomic E-state index is 13.0. The van der Waals surface area contributed by atoms with Gasteiger partial charge >= 0.3 is 5.91 Å². The number of aryl methyl sites for hydroxylation is 1. The molecule has 0 spiro atoms. The van der Waals surface area contributed by atoms with Crippen LogP contribution < -0.4 is 9.64 Å². The summed E-state index contributed by atoms with van der Waals surface area (Å²) in [5, 5.41) is 20.0. The van der Waals surface area contributed by atoms with Crippen LogP contribution in [0.2, 0.25) is 0 Å². The number of nitrogens with zero attached hydrogens (tertiary/aromatic N) is 3. The quantitative estimate of drug-likeness (QED) is 0.382. The summed E-state index contributed by atoms with van der Waals surface area (Å²) in [5.41, 5.74) is 1.09. The van der Waals surface area contributed by atoms with Gasteiger partial charge in [0.1, 0.15) is 16.5 Å². The minimum Gasteiger partial charge on any atom is -0.507 e. The fraction of sp³-hybridized carbons (Fsp3) is 0.182. The first-order valence-electron chi connectivity index (χ1n) is 9.40. The monoisotopic (exact) mass is 421 g/mol. The van der Waals surface area contributed by atoms with E-state index in [0.29, 0.717) is 33.6 Å². The van der Waals surface area contributed by atoms with Crippen molar-refractivity contribution in [2.45, 2.75) is 19.9 Å².